The molecule has 2 bridgehead atoms. The minimum atomic E-state index is -0.127. The third-order valence-corrected chi connectivity index (χ3v) is 7.90. The van der Waals surface area contributed by atoms with Crippen LogP contribution in [0, 0.1) is 13.8 Å². The minimum absolute atomic E-state index is 0.104. The number of hydrogen-bond acceptors (Lipinski definition) is 8. The number of carbonyl (C=O) groups excluding carboxylic acids is 2. The number of carbonyl (C=O) groups is 2. The van der Waals surface area contributed by atoms with Crippen LogP contribution in [0.3, 0.4) is 0 Å². The number of anilines is 2. The van der Waals surface area contributed by atoms with E-state index in [0.717, 1.165) is 45.7 Å². The summed E-state index contributed by atoms with van der Waals surface area (Å²) in [5, 5.41) is 10.1. The minimum Gasteiger partial charge on any atom is -0.349 e. The highest BCUT2D eigenvalue weighted by Gasteiger charge is 2.46. The highest BCUT2D eigenvalue weighted by atomic mass is 32.1. The molecule has 1 aliphatic carbocycles. The van der Waals surface area contributed by atoms with Crippen LogP contribution in [0.25, 0.3) is 10.6 Å². The molecule has 3 aliphatic rings. The van der Waals surface area contributed by atoms with E-state index in [9.17, 15) is 9.59 Å². The Morgan fingerprint density at radius 1 is 1.12 bits per heavy atom. The van der Waals surface area contributed by atoms with Crippen LogP contribution in [-0.2, 0) is 4.79 Å². The van der Waals surface area contributed by atoms with Crippen molar-refractivity contribution in [1.29, 1.82) is 0 Å². The Kier molecular flexibility index (Phi) is 5.42. The number of aryl methyl sites for hydroxylation is 2. The molecule has 6 rings (SSSR count). The van der Waals surface area contributed by atoms with E-state index in [0.29, 0.717) is 11.4 Å². The van der Waals surface area contributed by atoms with Gasteiger partial charge >= 0.3 is 0 Å². The largest absolute Gasteiger partial charge is 0.349 e. The van der Waals surface area contributed by atoms with E-state index in [4.69, 9.17) is 0 Å². The topological polar surface area (TPSA) is 100 Å². The number of piperidine rings is 1. The molecule has 10 heteroatoms. The molecule has 0 spiro atoms. The van der Waals surface area contributed by atoms with Crippen LogP contribution in [0.5, 0.6) is 0 Å². The standard InChI is InChI=1S/C22H24N6O2S2/c1-11-20(32-12(2)24-11)18-10-31-22(26-18)27-19-5-4-14(9-23-19)21(30)25-15-6-16-8-17(7-15)28(16)13(3)29/h4-5,9-10,15-17H,6-8H2,1-3H3,(H,25,30)(H,23,26,27)/t15?,16-,17+. The number of rotatable bonds is 5. The van der Waals surface area contributed by atoms with Gasteiger partial charge in [-0.15, -0.1) is 22.7 Å². The number of nitrogens with one attached hydrogen (secondary N) is 2. The molecule has 2 amide bonds. The summed E-state index contributed by atoms with van der Waals surface area (Å²) < 4.78 is 0. The average molecular weight is 469 g/mol. The number of nitrogens with zero attached hydrogens (tertiary/aromatic N) is 4. The van der Waals surface area contributed by atoms with Gasteiger partial charge in [0.15, 0.2) is 5.13 Å². The van der Waals surface area contributed by atoms with Gasteiger partial charge in [-0.3, -0.25) is 9.59 Å². The number of amides is 2. The van der Waals surface area contributed by atoms with Crippen LogP contribution < -0.4 is 10.6 Å². The van der Waals surface area contributed by atoms with Crippen molar-refractivity contribution >= 4 is 45.4 Å². The summed E-state index contributed by atoms with van der Waals surface area (Å²) in [5.41, 5.74) is 2.42. The van der Waals surface area contributed by atoms with Gasteiger partial charge in [-0.2, -0.15) is 0 Å². The predicted octanol–water partition coefficient (Wildman–Crippen LogP) is 3.90. The van der Waals surface area contributed by atoms with E-state index < -0.39 is 0 Å². The van der Waals surface area contributed by atoms with E-state index in [1.165, 1.54) is 11.3 Å². The van der Waals surface area contributed by atoms with Gasteiger partial charge in [0.2, 0.25) is 5.91 Å². The van der Waals surface area contributed by atoms with Gasteiger partial charge in [0.05, 0.1) is 26.8 Å². The van der Waals surface area contributed by atoms with Gasteiger partial charge in [0.1, 0.15) is 5.82 Å². The van der Waals surface area contributed by atoms with Crippen LogP contribution in [-0.4, -0.2) is 49.8 Å². The lowest BCUT2D eigenvalue weighted by Crippen LogP contribution is -2.65. The monoisotopic (exact) mass is 468 g/mol. The zero-order valence-corrected chi connectivity index (χ0v) is 19.7. The third-order valence-electron chi connectivity index (χ3n) is 6.04. The van der Waals surface area contributed by atoms with E-state index in [-0.39, 0.29) is 29.9 Å². The maximum Gasteiger partial charge on any atom is 0.253 e. The van der Waals surface area contributed by atoms with Crippen molar-refractivity contribution in [2.75, 3.05) is 5.32 Å². The Balaban J connectivity index is 1.18. The molecule has 166 valence electrons. The molecule has 2 N–H and O–H groups in total. The SMILES string of the molecule is CC(=O)N1[C@@H]2CC(NC(=O)c3ccc(Nc4nc(-c5sc(C)nc5C)cs4)nc3)C[C@H]1C2. The molecule has 8 nitrogen and oxygen atoms in total. The first-order chi connectivity index (χ1) is 15.4. The second kappa shape index (κ2) is 8.25. The number of pyridine rings is 1. The van der Waals surface area contributed by atoms with E-state index in [2.05, 4.69) is 25.6 Å². The zero-order valence-electron chi connectivity index (χ0n) is 18.1. The van der Waals surface area contributed by atoms with Gasteiger partial charge in [-0.25, -0.2) is 15.0 Å². The fourth-order valence-corrected chi connectivity index (χ4v) is 6.35. The highest BCUT2D eigenvalue weighted by molar-refractivity contribution is 7.16. The molecule has 32 heavy (non-hydrogen) atoms. The van der Waals surface area contributed by atoms with E-state index >= 15 is 0 Å². The Labute approximate surface area is 194 Å². The zero-order chi connectivity index (χ0) is 22.4. The number of thiazole rings is 2. The summed E-state index contributed by atoms with van der Waals surface area (Å²) in [7, 11) is 0. The third kappa shape index (κ3) is 4.00. The molecule has 3 fully saturated rings. The molecular formula is C22H24N6O2S2. The Morgan fingerprint density at radius 3 is 2.53 bits per heavy atom. The summed E-state index contributed by atoms with van der Waals surface area (Å²) in [6.07, 6.45) is 4.27. The van der Waals surface area contributed by atoms with Crippen molar-refractivity contribution in [1.82, 2.24) is 25.2 Å². The quantitative estimate of drug-likeness (QED) is 0.589. The van der Waals surface area contributed by atoms with Crippen molar-refractivity contribution in [2.45, 2.75) is 58.2 Å². The fraction of sp³-hybridized carbons (Fsp3) is 0.409. The van der Waals surface area contributed by atoms with Crippen LogP contribution >= 0.6 is 22.7 Å². The summed E-state index contributed by atoms with van der Waals surface area (Å²) in [6, 6.07) is 4.19. The normalized spacial score (nSPS) is 21.7. The first-order valence-electron chi connectivity index (χ1n) is 10.6. The lowest BCUT2D eigenvalue weighted by molar-refractivity contribution is -0.147. The van der Waals surface area contributed by atoms with Crippen molar-refractivity contribution in [3.8, 4) is 10.6 Å². The second-order valence-corrected chi connectivity index (χ2v) is 10.4. The van der Waals surface area contributed by atoms with Gasteiger partial charge in [0.25, 0.3) is 5.91 Å². The number of fused-ring (bicyclic) bond motifs is 2. The van der Waals surface area contributed by atoms with Gasteiger partial charge < -0.3 is 15.5 Å². The molecule has 2 aliphatic heterocycles. The van der Waals surface area contributed by atoms with Gasteiger partial charge in [-0.1, -0.05) is 0 Å². The molecule has 5 heterocycles. The van der Waals surface area contributed by atoms with Crippen LogP contribution in [0.15, 0.2) is 23.7 Å². The van der Waals surface area contributed by atoms with Crippen LogP contribution in [0.4, 0.5) is 10.9 Å². The first kappa shape index (κ1) is 21.0. The van der Waals surface area contributed by atoms with E-state index in [1.807, 2.05) is 24.1 Å². The summed E-state index contributed by atoms with van der Waals surface area (Å²) in [5.74, 6) is 0.640. The van der Waals surface area contributed by atoms with Crippen molar-refractivity contribution in [3.05, 3.63) is 40.0 Å². The Morgan fingerprint density at radius 2 is 1.91 bits per heavy atom. The predicted molar refractivity (Wildman–Crippen MR) is 125 cm³/mol. The molecule has 3 aromatic heterocycles. The van der Waals surface area contributed by atoms with E-state index in [1.54, 1.807) is 36.6 Å². The highest BCUT2D eigenvalue weighted by Crippen LogP contribution is 2.38. The number of aromatic nitrogens is 3. The molecule has 1 saturated carbocycles. The molecule has 0 radical (unpaired) electrons. The molecule has 2 saturated heterocycles. The Bertz CT molecular complexity index is 1160. The van der Waals surface area contributed by atoms with Gasteiger partial charge in [-0.05, 0) is 45.2 Å². The number of hydrogen-bond donors (Lipinski definition) is 2. The van der Waals surface area contributed by atoms with Gasteiger partial charge in [0, 0.05) is 36.6 Å². The van der Waals surface area contributed by atoms with Crippen molar-refractivity contribution in [2.24, 2.45) is 0 Å². The smallest absolute Gasteiger partial charge is 0.253 e. The molecule has 3 atom stereocenters. The summed E-state index contributed by atoms with van der Waals surface area (Å²) in [6.45, 7) is 5.60. The summed E-state index contributed by atoms with van der Waals surface area (Å²) in [4.78, 5) is 40.8. The first-order valence-corrected chi connectivity index (χ1v) is 12.3. The average Bonchev–Trinajstić information content (AvgIpc) is 3.33. The molecule has 3 aromatic rings. The van der Waals surface area contributed by atoms with Crippen LogP contribution in [0.1, 0.15) is 47.2 Å². The maximum absolute atomic E-state index is 12.6. The maximum atomic E-state index is 12.6. The fourth-order valence-electron chi connectivity index (χ4n) is 4.69. The molecule has 1 unspecified atom stereocenters. The molecular weight excluding hydrogens is 444 g/mol. The molecule has 0 aromatic carbocycles. The lowest BCUT2D eigenvalue weighted by Gasteiger charge is -2.55. The van der Waals surface area contributed by atoms with Crippen molar-refractivity contribution in [3.63, 3.8) is 0 Å². The Hall–Kier alpha value is -2.85. The lowest BCUT2D eigenvalue weighted by atomic mass is 9.76. The van der Waals surface area contributed by atoms with Crippen molar-refractivity contribution < 1.29 is 9.59 Å². The second-order valence-electron chi connectivity index (χ2n) is 8.35. The van der Waals surface area contributed by atoms with Crippen LogP contribution in [0.2, 0.25) is 0 Å². The summed E-state index contributed by atoms with van der Waals surface area (Å²) >= 11 is 3.14.